The van der Waals surface area contributed by atoms with Crippen LogP contribution in [0.3, 0.4) is 0 Å². The van der Waals surface area contributed by atoms with Gasteiger partial charge in [0.15, 0.2) is 0 Å². The Kier molecular flexibility index (Phi) is 5.51. The van der Waals surface area contributed by atoms with E-state index in [0.29, 0.717) is 24.7 Å². The first-order valence-electron chi connectivity index (χ1n) is 11.3. The first-order valence-corrected chi connectivity index (χ1v) is 11.3. The molecule has 2 aromatic rings. The summed E-state index contributed by atoms with van der Waals surface area (Å²) in [6, 6.07) is 9.93. The van der Waals surface area contributed by atoms with Crippen molar-refractivity contribution in [3.63, 3.8) is 0 Å². The monoisotopic (exact) mass is 395 g/mol. The molecule has 0 spiro atoms. The maximum atomic E-state index is 5.80. The van der Waals surface area contributed by atoms with E-state index >= 15 is 0 Å². The largest absolute Gasteiger partial charge is 0.472 e. The summed E-state index contributed by atoms with van der Waals surface area (Å²) in [6.45, 7) is 4.43. The summed E-state index contributed by atoms with van der Waals surface area (Å²) in [5.74, 6) is 0.788. The minimum atomic E-state index is 0.379. The van der Waals surface area contributed by atoms with Gasteiger partial charge >= 0.3 is 0 Å². The average molecular weight is 396 g/mol. The van der Waals surface area contributed by atoms with E-state index in [9.17, 15) is 0 Å². The molecule has 156 valence electrons. The van der Waals surface area contributed by atoms with E-state index in [1.165, 1.54) is 56.2 Å². The van der Waals surface area contributed by atoms with E-state index in [0.717, 1.165) is 19.1 Å². The van der Waals surface area contributed by atoms with Crippen molar-refractivity contribution in [3.8, 4) is 11.1 Å². The highest BCUT2D eigenvalue weighted by Gasteiger charge is 2.53. The number of fused-ring (bicyclic) bond motifs is 1. The number of piperidine rings is 1. The molecular weight excluding hydrogens is 362 g/mol. The summed E-state index contributed by atoms with van der Waals surface area (Å²) in [4.78, 5) is 2.73. The van der Waals surface area contributed by atoms with Gasteiger partial charge in [-0.2, -0.15) is 0 Å². The van der Waals surface area contributed by atoms with Gasteiger partial charge < -0.3 is 13.9 Å². The molecule has 2 bridgehead atoms. The molecule has 3 atom stereocenters. The molecule has 4 nitrogen and oxygen atoms in total. The van der Waals surface area contributed by atoms with Crippen LogP contribution in [0.15, 0.2) is 41.2 Å². The number of methoxy groups -OCH3 is 1. The summed E-state index contributed by atoms with van der Waals surface area (Å²) in [6.07, 6.45) is 11.6. The molecule has 2 heterocycles. The third kappa shape index (κ3) is 3.45. The van der Waals surface area contributed by atoms with Crippen LogP contribution in [0, 0.1) is 5.92 Å². The Bertz CT molecular complexity index is 817. The van der Waals surface area contributed by atoms with Crippen LogP contribution >= 0.6 is 0 Å². The number of rotatable bonds is 7. The standard InChI is InChI=1S/C25H33NO3/c1-27-14-15-28-13-11-26-10-9-25-8-3-2-4-22(25)24(26)17-20-6-5-19(16-23(20)25)21-7-12-29-18-21/h5-7,12,16,18,22,24H,2-4,8-11,13-15,17H2,1H3/t22-,24+,25+/m0/s1. The zero-order valence-electron chi connectivity index (χ0n) is 17.6. The molecule has 1 aromatic carbocycles. The normalized spacial score (nSPS) is 28.7. The molecule has 2 aliphatic carbocycles. The van der Waals surface area contributed by atoms with Crippen molar-refractivity contribution in [3.05, 3.63) is 47.9 Å². The molecule has 0 N–H and O–H groups in total. The zero-order chi connectivity index (χ0) is 19.7. The molecule has 0 unspecified atom stereocenters. The molecule has 4 heteroatoms. The van der Waals surface area contributed by atoms with Gasteiger partial charge in [0.2, 0.25) is 0 Å². The Hall–Kier alpha value is -1.62. The van der Waals surface area contributed by atoms with Crippen molar-refractivity contribution in [2.45, 2.75) is 50.0 Å². The molecule has 1 aromatic heterocycles. The third-order valence-electron chi connectivity index (χ3n) is 7.76. The number of hydrogen-bond acceptors (Lipinski definition) is 4. The minimum absolute atomic E-state index is 0.379. The van der Waals surface area contributed by atoms with Crippen molar-refractivity contribution < 1.29 is 13.9 Å². The predicted molar refractivity (Wildman–Crippen MR) is 114 cm³/mol. The fourth-order valence-corrected chi connectivity index (χ4v) is 6.40. The molecule has 0 amide bonds. The average Bonchev–Trinajstić information content (AvgIpc) is 3.30. The molecule has 5 rings (SSSR count). The lowest BCUT2D eigenvalue weighted by atomic mass is 9.52. The number of furan rings is 1. The van der Waals surface area contributed by atoms with Crippen LogP contribution in [0.5, 0.6) is 0 Å². The van der Waals surface area contributed by atoms with Gasteiger partial charge in [0.25, 0.3) is 0 Å². The topological polar surface area (TPSA) is 34.8 Å². The van der Waals surface area contributed by atoms with Gasteiger partial charge in [-0.05, 0) is 60.9 Å². The zero-order valence-corrected chi connectivity index (χ0v) is 17.6. The van der Waals surface area contributed by atoms with Gasteiger partial charge in [-0.3, -0.25) is 4.90 Å². The van der Waals surface area contributed by atoms with E-state index in [1.807, 2.05) is 6.26 Å². The number of ether oxygens (including phenoxy) is 2. The molecular formula is C25H33NO3. The van der Waals surface area contributed by atoms with Crippen molar-refractivity contribution in [1.29, 1.82) is 0 Å². The lowest BCUT2D eigenvalue weighted by Crippen LogP contribution is -2.61. The fourth-order valence-electron chi connectivity index (χ4n) is 6.40. The summed E-state index contributed by atoms with van der Waals surface area (Å²) < 4.78 is 16.2. The van der Waals surface area contributed by atoms with Crippen molar-refractivity contribution in [1.82, 2.24) is 4.90 Å². The fraction of sp³-hybridized carbons (Fsp3) is 0.600. The van der Waals surface area contributed by atoms with Crippen molar-refractivity contribution >= 4 is 0 Å². The Morgan fingerprint density at radius 1 is 1.10 bits per heavy atom. The van der Waals surface area contributed by atoms with Crippen LogP contribution in [-0.2, 0) is 21.3 Å². The lowest BCUT2D eigenvalue weighted by Gasteiger charge is -2.59. The lowest BCUT2D eigenvalue weighted by molar-refractivity contribution is -0.0274. The van der Waals surface area contributed by atoms with Gasteiger partial charge in [-0.25, -0.2) is 0 Å². The maximum Gasteiger partial charge on any atom is 0.0980 e. The number of nitrogens with zero attached hydrogens (tertiary/aromatic N) is 1. The second-order valence-electron chi connectivity index (χ2n) is 9.05. The quantitative estimate of drug-likeness (QED) is 0.638. The number of hydrogen-bond donors (Lipinski definition) is 0. The van der Waals surface area contributed by atoms with E-state index in [-0.39, 0.29) is 0 Å². The Balaban J connectivity index is 1.41. The van der Waals surface area contributed by atoms with Crippen molar-refractivity contribution in [2.75, 3.05) is 40.0 Å². The number of benzene rings is 1. The highest BCUT2D eigenvalue weighted by molar-refractivity contribution is 5.65. The van der Waals surface area contributed by atoms with Crippen LogP contribution in [-0.4, -0.2) is 51.0 Å². The molecule has 29 heavy (non-hydrogen) atoms. The summed E-state index contributed by atoms with van der Waals surface area (Å²) >= 11 is 0. The molecule has 2 fully saturated rings. The molecule has 1 aliphatic heterocycles. The van der Waals surface area contributed by atoms with Crippen LogP contribution in [0.2, 0.25) is 0 Å². The predicted octanol–water partition coefficient (Wildman–Crippen LogP) is 4.67. The van der Waals surface area contributed by atoms with E-state index < -0.39 is 0 Å². The summed E-state index contributed by atoms with van der Waals surface area (Å²) in [5, 5.41) is 0. The molecule has 1 saturated heterocycles. The van der Waals surface area contributed by atoms with Gasteiger partial charge in [-0.1, -0.05) is 31.0 Å². The molecule has 0 radical (unpaired) electrons. The van der Waals surface area contributed by atoms with E-state index in [2.05, 4.69) is 29.2 Å². The van der Waals surface area contributed by atoms with Crippen molar-refractivity contribution in [2.24, 2.45) is 5.92 Å². The Morgan fingerprint density at radius 3 is 2.93 bits per heavy atom. The second-order valence-corrected chi connectivity index (χ2v) is 9.05. The third-order valence-corrected chi connectivity index (χ3v) is 7.76. The highest BCUT2D eigenvalue weighted by atomic mass is 16.5. The van der Waals surface area contributed by atoms with Gasteiger partial charge in [0.05, 0.1) is 32.3 Å². The first-order chi connectivity index (χ1) is 14.3. The summed E-state index contributed by atoms with van der Waals surface area (Å²) in [7, 11) is 1.73. The minimum Gasteiger partial charge on any atom is -0.472 e. The highest BCUT2D eigenvalue weighted by Crippen LogP contribution is 2.56. The Labute approximate surface area is 174 Å². The second kappa shape index (κ2) is 8.25. The maximum absolute atomic E-state index is 5.80. The van der Waals surface area contributed by atoms with Crippen LogP contribution in [0.4, 0.5) is 0 Å². The van der Waals surface area contributed by atoms with Gasteiger partial charge in [0, 0.05) is 30.7 Å². The van der Waals surface area contributed by atoms with Gasteiger partial charge in [0.1, 0.15) is 0 Å². The smallest absolute Gasteiger partial charge is 0.0980 e. The number of likely N-dealkylation sites (tertiary alicyclic amines) is 1. The molecule has 3 aliphatic rings. The summed E-state index contributed by atoms with van der Waals surface area (Å²) in [5.41, 5.74) is 6.11. The van der Waals surface area contributed by atoms with Crippen LogP contribution in [0.1, 0.15) is 43.2 Å². The van der Waals surface area contributed by atoms with Crippen LogP contribution < -0.4 is 0 Å². The molecule has 1 saturated carbocycles. The SMILES string of the molecule is COCCOCCN1CC[C@]23CCCC[C@H]2[C@H]1Cc1ccc(-c2ccoc2)cc13. The van der Waals surface area contributed by atoms with Crippen LogP contribution in [0.25, 0.3) is 11.1 Å². The van der Waals surface area contributed by atoms with E-state index in [1.54, 1.807) is 24.5 Å². The first kappa shape index (κ1) is 19.3. The van der Waals surface area contributed by atoms with E-state index in [4.69, 9.17) is 13.9 Å². The Morgan fingerprint density at radius 2 is 2.07 bits per heavy atom. The van der Waals surface area contributed by atoms with Gasteiger partial charge in [-0.15, -0.1) is 0 Å².